The Kier molecular flexibility index (Phi) is 6.01. The largest absolute Gasteiger partial charge is 0.412 e. The Bertz CT molecular complexity index is 705. The minimum Gasteiger partial charge on any atom is -0.372 e. The second-order valence-electron chi connectivity index (χ2n) is 6.44. The molecule has 1 N–H and O–H groups in total. The van der Waals surface area contributed by atoms with Crippen molar-refractivity contribution in [2.75, 3.05) is 31.7 Å². The number of amides is 2. The molecule has 2 amide bonds. The molecule has 0 aromatic carbocycles. The van der Waals surface area contributed by atoms with Crippen molar-refractivity contribution in [1.82, 2.24) is 10.2 Å². The summed E-state index contributed by atoms with van der Waals surface area (Å²) in [5.74, 6) is -2.97. The van der Waals surface area contributed by atoms with E-state index in [1.165, 1.54) is 18.9 Å². The van der Waals surface area contributed by atoms with Gasteiger partial charge in [-0.2, -0.15) is 13.2 Å². The third-order valence-electron chi connectivity index (χ3n) is 4.61. The monoisotopic (exact) mass is 398 g/mol. The highest BCUT2D eigenvalue weighted by Crippen LogP contribution is 2.31. The zero-order valence-electron chi connectivity index (χ0n) is 14.4. The second kappa shape index (κ2) is 7.55. The second-order valence-corrected chi connectivity index (χ2v) is 8.59. The number of ether oxygens (including phenoxy) is 1. The molecule has 2 aliphatic heterocycles. The summed E-state index contributed by atoms with van der Waals surface area (Å²) in [6, 6.07) is -0.925. The summed E-state index contributed by atoms with van der Waals surface area (Å²) in [5, 5.41) is 2.50. The van der Waals surface area contributed by atoms with Crippen molar-refractivity contribution in [3.8, 4) is 0 Å². The first-order valence-corrected chi connectivity index (χ1v) is 9.85. The van der Waals surface area contributed by atoms with Crippen LogP contribution in [-0.4, -0.2) is 75.2 Å². The molecule has 7 nitrogen and oxygen atoms in total. The molecule has 1 fully saturated rings. The van der Waals surface area contributed by atoms with E-state index >= 15 is 0 Å². The summed E-state index contributed by atoms with van der Waals surface area (Å²) in [7, 11) is -2.22. The van der Waals surface area contributed by atoms with Gasteiger partial charge in [0.05, 0.1) is 23.5 Å². The molecule has 26 heavy (non-hydrogen) atoms. The summed E-state index contributed by atoms with van der Waals surface area (Å²) in [4.78, 5) is 25.8. The van der Waals surface area contributed by atoms with Crippen LogP contribution >= 0.6 is 0 Å². The number of nitrogens with zero attached hydrogens (tertiary/aromatic N) is 1. The number of hydrogen-bond donors (Lipinski definition) is 1. The predicted molar refractivity (Wildman–Crippen MR) is 85.9 cm³/mol. The third kappa shape index (κ3) is 4.76. The fourth-order valence-electron chi connectivity index (χ4n) is 3.00. The average molecular weight is 398 g/mol. The van der Waals surface area contributed by atoms with E-state index in [9.17, 15) is 31.2 Å². The van der Waals surface area contributed by atoms with Crippen molar-refractivity contribution in [2.24, 2.45) is 5.92 Å². The highest BCUT2D eigenvalue weighted by Gasteiger charge is 2.45. The van der Waals surface area contributed by atoms with Gasteiger partial charge < -0.3 is 15.0 Å². The number of hydrogen-bond acceptors (Lipinski definition) is 5. The standard InChI is InChI=1S/C15H21F3N2O5S/c1-9(25-2)13(21)19-12-8-26(23,24)7-11(12)14(22)20-5-3-10(4-6-20)15(16,17)18/h3,9,11-12H,4-8H2,1-2H3,(H,19,21)/t9?,11-,12-/m1/s1. The van der Waals surface area contributed by atoms with Crippen LogP contribution in [-0.2, 0) is 24.2 Å². The fourth-order valence-corrected chi connectivity index (χ4v) is 4.92. The van der Waals surface area contributed by atoms with Gasteiger partial charge in [0.2, 0.25) is 11.8 Å². The molecule has 0 radical (unpaired) electrons. The number of methoxy groups -OCH3 is 1. The molecule has 11 heteroatoms. The molecule has 0 aromatic rings. The number of nitrogens with one attached hydrogen (secondary N) is 1. The molecular formula is C15H21F3N2O5S. The Morgan fingerprint density at radius 1 is 1.35 bits per heavy atom. The van der Waals surface area contributed by atoms with Gasteiger partial charge in [0.1, 0.15) is 6.10 Å². The lowest BCUT2D eigenvalue weighted by Crippen LogP contribution is -2.50. The Balaban J connectivity index is 2.11. The van der Waals surface area contributed by atoms with Crippen molar-refractivity contribution < 1.29 is 35.9 Å². The Labute approximate surface area is 149 Å². The molecule has 2 heterocycles. The van der Waals surface area contributed by atoms with E-state index in [4.69, 9.17) is 4.74 Å². The van der Waals surface area contributed by atoms with Crippen LogP contribution in [0.25, 0.3) is 0 Å². The number of rotatable bonds is 4. The summed E-state index contributed by atoms with van der Waals surface area (Å²) >= 11 is 0. The molecule has 0 aliphatic carbocycles. The summed E-state index contributed by atoms with van der Waals surface area (Å²) < 4.78 is 66.7. The summed E-state index contributed by atoms with van der Waals surface area (Å²) in [6.07, 6.45) is -4.66. The van der Waals surface area contributed by atoms with Gasteiger partial charge in [0.15, 0.2) is 9.84 Å². The van der Waals surface area contributed by atoms with E-state index in [0.717, 1.165) is 6.08 Å². The van der Waals surface area contributed by atoms with Crippen molar-refractivity contribution in [2.45, 2.75) is 31.7 Å². The molecule has 1 unspecified atom stereocenters. The Morgan fingerprint density at radius 2 is 2.00 bits per heavy atom. The van der Waals surface area contributed by atoms with Crippen LogP contribution in [0.15, 0.2) is 11.6 Å². The maximum atomic E-state index is 12.7. The number of carbonyl (C=O) groups excluding carboxylic acids is 2. The molecule has 2 aliphatic rings. The van der Waals surface area contributed by atoms with E-state index in [-0.39, 0.29) is 25.3 Å². The molecule has 0 saturated carbocycles. The number of alkyl halides is 3. The lowest BCUT2D eigenvalue weighted by atomic mass is 9.99. The topological polar surface area (TPSA) is 92.8 Å². The van der Waals surface area contributed by atoms with Crippen molar-refractivity contribution >= 4 is 21.7 Å². The van der Waals surface area contributed by atoms with Gasteiger partial charge in [0, 0.05) is 25.8 Å². The first-order chi connectivity index (χ1) is 11.9. The molecule has 0 bridgehead atoms. The average Bonchev–Trinajstić information content (AvgIpc) is 2.87. The van der Waals surface area contributed by atoms with E-state index in [1.807, 2.05) is 0 Å². The lowest BCUT2D eigenvalue weighted by molar-refractivity contribution is -0.137. The highest BCUT2D eigenvalue weighted by molar-refractivity contribution is 7.91. The molecule has 2 rings (SSSR count). The van der Waals surface area contributed by atoms with Crippen molar-refractivity contribution in [3.05, 3.63) is 11.6 Å². The zero-order chi connectivity index (χ0) is 19.7. The SMILES string of the molecule is COC(C)C(=O)N[C@@H]1CS(=O)(=O)C[C@H]1C(=O)N1CC=C(C(F)(F)F)CC1. The van der Waals surface area contributed by atoms with E-state index in [1.54, 1.807) is 0 Å². The van der Waals surface area contributed by atoms with Crippen LogP contribution in [0, 0.1) is 5.92 Å². The van der Waals surface area contributed by atoms with Crippen LogP contribution in [0.3, 0.4) is 0 Å². The summed E-state index contributed by atoms with van der Waals surface area (Å²) in [6.45, 7) is 1.10. The molecule has 1 saturated heterocycles. The fraction of sp³-hybridized carbons (Fsp3) is 0.733. The van der Waals surface area contributed by atoms with Crippen LogP contribution in [0.2, 0.25) is 0 Å². The minimum absolute atomic E-state index is 0.143. The van der Waals surface area contributed by atoms with Crippen LogP contribution in [0.4, 0.5) is 13.2 Å². The maximum absolute atomic E-state index is 12.7. The van der Waals surface area contributed by atoms with Gasteiger partial charge in [-0.3, -0.25) is 9.59 Å². The van der Waals surface area contributed by atoms with E-state index in [0.29, 0.717) is 0 Å². The summed E-state index contributed by atoms with van der Waals surface area (Å²) in [5.41, 5.74) is -0.695. The van der Waals surface area contributed by atoms with Gasteiger partial charge in [-0.25, -0.2) is 8.42 Å². The van der Waals surface area contributed by atoms with Gasteiger partial charge in [0.25, 0.3) is 0 Å². The van der Waals surface area contributed by atoms with E-state index < -0.39 is 57.2 Å². The van der Waals surface area contributed by atoms with Crippen LogP contribution in [0.1, 0.15) is 13.3 Å². The number of halogens is 3. The maximum Gasteiger partial charge on any atom is 0.412 e. The van der Waals surface area contributed by atoms with Gasteiger partial charge >= 0.3 is 6.18 Å². The minimum atomic E-state index is -4.43. The van der Waals surface area contributed by atoms with Crippen LogP contribution < -0.4 is 5.32 Å². The van der Waals surface area contributed by atoms with Gasteiger partial charge in [-0.15, -0.1) is 0 Å². The molecular weight excluding hydrogens is 377 g/mol. The Morgan fingerprint density at radius 3 is 2.50 bits per heavy atom. The smallest absolute Gasteiger partial charge is 0.372 e. The lowest BCUT2D eigenvalue weighted by Gasteiger charge is -2.31. The first-order valence-electron chi connectivity index (χ1n) is 8.03. The van der Waals surface area contributed by atoms with Crippen molar-refractivity contribution in [1.29, 1.82) is 0 Å². The van der Waals surface area contributed by atoms with Gasteiger partial charge in [-0.05, 0) is 13.3 Å². The quantitative estimate of drug-likeness (QED) is 0.687. The highest BCUT2D eigenvalue weighted by atomic mass is 32.2. The van der Waals surface area contributed by atoms with Crippen molar-refractivity contribution in [3.63, 3.8) is 0 Å². The van der Waals surface area contributed by atoms with Gasteiger partial charge in [-0.1, -0.05) is 6.08 Å². The van der Waals surface area contributed by atoms with E-state index in [2.05, 4.69) is 5.32 Å². The third-order valence-corrected chi connectivity index (χ3v) is 6.34. The molecule has 148 valence electrons. The Hall–Kier alpha value is -1.62. The molecule has 0 aromatic heterocycles. The van der Waals surface area contributed by atoms with Crippen LogP contribution in [0.5, 0.6) is 0 Å². The number of carbonyl (C=O) groups is 2. The predicted octanol–water partition coefficient (Wildman–Crippen LogP) is 0.272. The first kappa shape index (κ1) is 20.7. The molecule has 3 atom stereocenters. The zero-order valence-corrected chi connectivity index (χ0v) is 15.2. The molecule has 0 spiro atoms. The normalized spacial score (nSPS) is 27.0. The number of sulfone groups is 1.